The maximum atomic E-state index is 14.0. The van der Waals surface area contributed by atoms with Crippen LogP contribution in [0.4, 0.5) is 0 Å². The third-order valence-corrected chi connectivity index (χ3v) is 8.66. The van der Waals surface area contributed by atoms with Gasteiger partial charge in [-0.3, -0.25) is 14.5 Å². The molecule has 0 bridgehead atoms. The molecule has 37 heavy (non-hydrogen) atoms. The number of likely N-dealkylation sites (tertiary alicyclic amines) is 2. The number of hydrogen-bond acceptors (Lipinski definition) is 4. The second kappa shape index (κ2) is 11.6. The molecule has 0 spiro atoms. The van der Waals surface area contributed by atoms with Crippen LogP contribution in [0.15, 0.2) is 42.5 Å². The van der Waals surface area contributed by atoms with Crippen LogP contribution in [0.1, 0.15) is 74.6 Å². The summed E-state index contributed by atoms with van der Waals surface area (Å²) in [5.41, 5.74) is 0.516. The number of carbonyl (C=O) groups excluding carboxylic acids is 2. The molecule has 7 heteroatoms. The SMILES string of the molecule is O=C(N[C@@H](CC1CCCCC1)C(=O)N1C[C@H](N2CCCCC2)C[C@@H]1C(=O)O)c1ccc2ccccc2c1. The van der Waals surface area contributed by atoms with Crippen LogP contribution < -0.4 is 5.32 Å². The molecule has 2 aromatic rings. The molecule has 1 aliphatic carbocycles. The quantitative estimate of drug-likeness (QED) is 0.580. The standard InChI is InChI=1S/C30H39N3O4/c34-28(24-14-13-22-11-5-6-12-23(22)18-24)31-26(17-21-9-3-1-4-10-21)29(35)33-20-25(19-27(33)30(36)37)32-15-7-2-8-16-32/h5-6,11-14,18,21,25-27H,1-4,7-10,15-17,19-20H2,(H,31,34)(H,36,37)/t25-,26+,27-/m1/s1. The van der Waals surface area contributed by atoms with E-state index in [0.29, 0.717) is 30.9 Å². The topological polar surface area (TPSA) is 90.0 Å². The summed E-state index contributed by atoms with van der Waals surface area (Å²) in [4.78, 5) is 43.5. The summed E-state index contributed by atoms with van der Waals surface area (Å²) < 4.78 is 0. The first-order valence-electron chi connectivity index (χ1n) is 14.1. The number of carbonyl (C=O) groups is 3. The van der Waals surface area contributed by atoms with Gasteiger partial charge in [0.1, 0.15) is 12.1 Å². The third kappa shape index (κ3) is 5.98. The number of fused-ring (bicyclic) bond motifs is 1. The van der Waals surface area contributed by atoms with Crippen molar-refractivity contribution >= 4 is 28.6 Å². The largest absolute Gasteiger partial charge is 0.480 e. The Kier molecular flexibility index (Phi) is 8.08. The zero-order valence-corrected chi connectivity index (χ0v) is 21.6. The number of benzene rings is 2. The zero-order chi connectivity index (χ0) is 25.8. The summed E-state index contributed by atoms with van der Waals surface area (Å²) in [5, 5.41) is 15.1. The molecule has 3 fully saturated rings. The minimum atomic E-state index is -0.954. The van der Waals surface area contributed by atoms with Gasteiger partial charge in [0.25, 0.3) is 5.91 Å². The normalized spacial score (nSPS) is 24.2. The molecule has 2 heterocycles. The molecule has 2 saturated heterocycles. The van der Waals surface area contributed by atoms with Gasteiger partial charge in [0.05, 0.1) is 0 Å². The minimum Gasteiger partial charge on any atom is -0.480 e. The Morgan fingerprint density at radius 2 is 1.62 bits per heavy atom. The third-order valence-electron chi connectivity index (χ3n) is 8.66. The number of hydrogen-bond donors (Lipinski definition) is 2. The van der Waals surface area contributed by atoms with Gasteiger partial charge >= 0.3 is 5.97 Å². The number of nitrogens with zero attached hydrogens (tertiary/aromatic N) is 2. The Morgan fingerprint density at radius 1 is 0.919 bits per heavy atom. The Balaban J connectivity index is 1.36. The lowest BCUT2D eigenvalue weighted by molar-refractivity contribution is -0.149. The number of piperidine rings is 1. The van der Waals surface area contributed by atoms with E-state index in [9.17, 15) is 19.5 Å². The van der Waals surface area contributed by atoms with Crippen LogP contribution in [0.3, 0.4) is 0 Å². The monoisotopic (exact) mass is 505 g/mol. The molecule has 2 aliphatic heterocycles. The van der Waals surface area contributed by atoms with Crippen LogP contribution in [0.25, 0.3) is 10.8 Å². The number of carboxylic acids is 1. The lowest BCUT2D eigenvalue weighted by Gasteiger charge is -2.33. The van der Waals surface area contributed by atoms with Crippen molar-refractivity contribution in [3.05, 3.63) is 48.0 Å². The van der Waals surface area contributed by atoms with E-state index in [2.05, 4.69) is 10.2 Å². The van der Waals surface area contributed by atoms with E-state index in [1.165, 1.54) is 12.8 Å². The maximum absolute atomic E-state index is 14.0. The van der Waals surface area contributed by atoms with E-state index in [4.69, 9.17) is 0 Å². The molecule has 5 rings (SSSR count). The molecule has 0 radical (unpaired) electrons. The summed E-state index contributed by atoms with van der Waals surface area (Å²) in [5.74, 6) is -1.11. The number of amides is 2. The van der Waals surface area contributed by atoms with Crippen LogP contribution in [0, 0.1) is 5.92 Å². The maximum Gasteiger partial charge on any atom is 0.326 e. The van der Waals surface area contributed by atoms with Crippen molar-refractivity contribution in [2.45, 2.75) is 82.3 Å². The van der Waals surface area contributed by atoms with Crippen molar-refractivity contribution in [2.24, 2.45) is 5.92 Å². The number of aliphatic carboxylic acids is 1. The molecule has 3 atom stereocenters. The first-order chi connectivity index (χ1) is 18.0. The van der Waals surface area contributed by atoms with Crippen LogP contribution in [0.2, 0.25) is 0 Å². The van der Waals surface area contributed by atoms with Gasteiger partial charge in [-0.25, -0.2) is 4.79 Å². The van der Waals surface area contributed by atoms with Gasteiger partial charge in [-0.05, 0) is 67.6 Å². The summed E-state index contributed by atoms with van der Waals surface area (Å²) in [6.45, 7) is 2.34. The van der Waals surface area contributed by atoms with Gasteiger partial charge in [0.2, 0.25) is 5.91 Å². The van der Waals surface area contributed by atoms with Crippen molar-refractivity contribution in [3.63, 3.8) is 0 Å². The van der Waals surface area contributed by atoms with Crippen LogP contribution >= 0.6 is 0 Å². The zero-order valence-electron chi connectivity index (χ0n) is 21.6. The van der Waals surface area contributed by atoms with E-state index >= 15 is 0 Å². The number of nitrogens with one attached hydrogen (secondary N) is 1. The van der Waals surface area contributed by atoms with Gasteiger partial charge in [0, 0.05) is 18.2 Å². The minimum absolute atomic E-state index is 0.0665. The Bertz CT molecular complexity index is 1120. The fourth-order valence-electron chi connectivity index (χ4n) is 6.59. The Morgan fingerprint density at radius 3 is 2.35 bits per heavy atom. The predicted octanol–water partition coefficient (Wildman–Crippen LogP) is 4.45. The van der Waals surface area contributed by atoms with Crippen molar-refractivity contribution < 1.29 is 19.5 Å². The first-order valence-corrected chi connectivity index (χ1v) is 14.1. The molecule has 7 nitrogen and oxygen atoms in total. The van der Waals surface area contributed by atoms with Crippen molar-refractivity contribution in [1.29, 1.82) is 0 Å². The molecular formula is C30H39N3O4. The van der Waals surface area contributed by atoms with Crippen molar-refractivity contribution in [3.8, 4) is 0 Å². The highest BCUT2D eigenvalue weighted by Crippen LogP contribution is 2.30. The second-order valence-corrected chi connectivity index (χ2v) is 11.2. The highest BCUT2D eigenvalue weighted by molar-refractivity contribution is 6.01. The van der Waals surface area contributed by atoms with Crippen molar-refractivity contribution in [2.75, 3.05) is 19.6 Å². The molecule has 2 N–H and O–H groups in total. The van der Waals surface area contributed by atoms with Crippen LogP contribution in [-0.4, -0.2) is 70.4 Å². The van der Waals surface area contributed by atoms with Gasteiger partial charge in [-0.2, -0.15) is 0 Å². The summed E-state index contributed by atoms with van der Waals surface area (Å²) >= 11 is 0. The van der Waals surface area contributed by atoms with Gasteiger partial charge in [0.15, 0.2) is 0 Å². The summed E-state index contributed by atoms with van der Waals surface area (Å²) in [7, 11) is 0. The Labute approximate surface area is 219 Å². The van der Waals surface area contributed by atoms with E-state index in [1.54, 1.807) is 11.0 Å². The fourth-order valence-corrected chi connectivity index (χ4v) is 6.59. The Hall–Kier alpha value is -2.93. The molecule has 2 aromatic carbocycles. The lowest BCUT2D eigenvalue weighted by Crippen LogP contribution is -2.53. The van der Waals surface area contributed by atoms with E-state index < -0.39 is 18.1 Å². The summed E-state index contributed by atoms with van der Waals surface area (Å²) in [6, 6.07) is 12.0. The predicted molar refractivity (Wildman–Crippen MR) is 143 cm³/mol. The summed E-state index contributed by atoms with van der Waals surface area (Å²) in [6.07, 6.45) is 10.1. The molecule has 2 amide bonds. The smallest absolute Gasteiger partial charge is 0.326 e. The fraction of sp³-hybridized carbons (Fsp3) is 0.567. The van der Waals surface area contributed by atoms with Gasteiger partial charge < -0.3 is 15.3 Å². The van der Waals surface area contributed by atoms with E-state index in [1.807, 2.05) is 36.4 Å². The molecule has 198 valence electrons. The highest BCUT2D eigenvalue weighted by Gasteiger charge is 2.44. The molecule has 0 aromatic heterocycles. The number of rotatable bonds is 7. The van der Waals surface area contributed by atoms with Crippen molar-refractivity contribution in [1.82, 2.24) is 15.1 Å². The van der Waals surface area contributed by atoms with Crippen LogP contribution in [0.5, 0.6) is 0 Å². The number of carboxylic acid groups (broad SMARTS) is 1. The lowest BCUT2D eigenvalue weighted by atomic mass is 9.84. The highest BCUT2D eigenvalue weighted by atomic mass is 16.4. The van der Waals surface area contributed by atoms with E-state index in [0.717, 1.165) is 62.4 Å². The van der Waals surface area contributed by atoms with Crippen LogP contribution in [-0.2, 0) is 9.59 Å². The average molecular weight is 506 g/mol. The second-order valence-electron chi connectivity index (χ2n) is 11.2. The van der Waals surface area contributed by atoms with Gasteiger partial charge in [-0.15, -0.1) is 0 Å². The molecular weight excluding hydrogens is 466 g/mol. The van der Waals surface area contributed by atoms with E-state index in [-0.39, 0.29) is 17.9 Å². The average Bonchev–Trinajstić information content (AvgIpc) is 3.39. The molecule has 1 saturated carbocycles. The molecule has 0 unspecified atom stereocenters. The first kappa shape index (κ1) is 25.7. The molecule has 3 aliphatic rings. The van der Waals surface area contributed by atoms with Gasteiger partial charge in [-0.1, -0.05) is 68.9 Å².